The van der Waals surface area contributed by atoms with Crippen molar-refractivity contribution in [1.82, 2.24) is 0 Å². The van der Waals surface area contributed by atoms with Crippen LogP contribution in [0.25, 0.3) is 0 Å². The average Bonchev–Trinajstić information content (AvgIpc) is 2.41. The molecule has 104 valence electrons. The first-order chi connectivity index (χ1) is 9.56. The van der Waals surface area contributed by atoms with Crippen molar-refractivity contribution in [2.24, 2.45) is 0 Å². The van der Waals surface area contributed by atoms with Gasteiger partial charge in [-0.1, -0.05) is 35.9 Å². The zero-order chi connectivity index (χ0) is 14.5. The second-order valence-corrected chi connectivity index (χ2v) is 4.61. The van der Waals surface area contributed by atoms with Crippen LogP contribution in [0.15, 0.2) is 48.5 Å². The van der Waals surface area contributed by atoms with Crippen LogP contribution in [0.1, 0.15) is 17.0 Å². The molecule has 1 atom stereocenters. The first-order valence-electron chi connectivity index (χ1n) is 6.27. The second kappa shape index (κ2) is 6.10. The molecule has 0 spiro atoms. The zero-order valence-electron chi connectivity index (χ0n) is 11.1. The quantitative estimate of drug-likeness (QED) is 0.878. The Balaban J connectivity index is 2.10. The first-order valence-corrected chi connectivity index (χ1v) is 6.27. The number of carboxylic acids is 1. The highest BCUT2D eigenvalue weighted by Gasteiger charge is 2.20. The van der Waals surface area contributed by atoms with E-state index < -0.39 is 11.9 Å². The summed E-state index contributed by atoms with van der Waals surface area (Å²) >= 11 is 0. The number of carbonyl (C=O) groups is 1. The van der Waals surface area contributed by atoms with Crippen molar-refractivity contribution in [3.63, 3.8) is 0 Å². The topological polar surface area (TPSA) is 66.8 Å². The fourth-order valence-electron chi connectivity index (χ4n) is 1.86. The molecule has 0 heterocycles. The largest absolute Gasteiger partial charge is 0.508 e. The van der Waals surface area contributed by atoms with E-state index in [1.807, 2.05) is 19.1 Å². The number of rotatable bonds is 5. The van der Waals surface area contributed by atoms with Gasteiger partial charge in [-0.2, -0.15) is 0 Å². The van der Waals surface area contributed by atoms with Gasteiger partial charge >= 0.3 is 5.97 Å². The molecule has 0 saturated carbocycles. The van der Waals surface area contributed by atoms with E-state index in [4.69, 9.17) is 4.74 Å². The van der Waals surface area contributed by atoms with Gasteiger partial charge in [-0.25, -0.2) is 0 Å². The summed E-state index contributed by atoms with van der Waals surface area (Å²) in [6.07, 6.45) is 0. The van der Waals surface area contributed by atoms with Gasteiger partial charge in [-0.05, 0) is 24.6 Å². The minimum atomic E-state index is -0.936. The number of benzene rings is 2. The third-order valence-electron chi connectivity index (χ3n) is 3.01. The predicted octanol–water partition coefficient (Wildman–Crippen LogP) is 2.95. The number of aliphatic carboxylic acids is 1. The van der Waals surface area contributed by atoms with Crippen molar-refractivity contribution >= 4 is 5.97 Å². The Hall–Kier alpha value is -2.49. The number of phenols is 1. The van der Waals surface area contributed by atoms with Gasteiger partial charge in [0.2, 0.25) is 0 Å². The highest BCUT2D eigenvalue weighted by molar-refractivity contribution is 5.76. The minimum absolute atomic E-state index is 0.0157. The van der Waals surface area contributed by atoms with Crippen LogP contribution in [0.4, 0.5) is 0 Å². The maximum atomic E-state index is 11.3. The van der Waals surface area contributed by atoms with Crippen LogP contribution in [-0.2, 0) is 4.79 Å². The van der Waals surface area contributed by atoms with Crippen molar-refractivity contribution in [1.29, 1.82) is 0 Å². The molecule has 0 amide bonds. The Morgan fingerprint density at radius 1 is 1.20 bits per heavy atom. The summed E-state index contributed by atoms with van der Waals surface area (Å²) in [6.45, 7) is 1.96. The van der Waals surface area contributed by atoms with Crippen molar-refractivity contribution < 1.29 is 19.7 Å². The Labute approximate surface area is 117 Å². The van der Waals surface area contributed by atoms with E-state index in [0.717, 1.165) is 5.56 Å². The van der Waals surface area contributed by atoms with Crippen LogP contribution in [0.2, 0.25) is 0 Å². The summed E-state index contributed by atoms with van der Waals surface area (Å²) in [4.78, 5) is 11.3. The molecular weight excluding hydrogens is 256 g/mol. The van der Waals surface area contributed by atoms with Crippen molar-refractivity contribution in [3.05, 3.63) is 59.7 Å². The maximum Gasteiger partial charge on any atom is 0.314 e. The molecule has 4 nitrogen and oxygen atoms in total. The normalized spacial score (nSPS) is 11.8. The highest BCUT2D eigenvalue weighted by atomic mass is 16.5. The lowest BCUT2D eigenvalue weighted by molar-refractivity contribution is -0.139. The number of hydrogen-bond acceptors (Lipinski definition) is 3. The van der Waals surface area contributed by atoms with Gasteiger partial charge in [0.1, 0.15) is 24.0 Å². The number of hydrogen-bond donors (Lipinski definition) is 2. The molecule has 0 fully saturated rings. The molecule has 4 heteroatoms. The van der Waals surface area contributed by atoms with Gasteiger partial charge in [0.15, 0.2) is 0 Å². The summed E-state index contributed by atoms with van der Waals surface area (Å²) in [7, 11) is 0. The zero-order valence-corrected chi connectivity index (χ0v) is 11.1. The number of aromatic hydroxyl groups is 1. The van der Waals surface area contributed by atoms with Crippen LogP contribution < -0.4 is 4.74 Å². The lowest BCUT2D eigenvalue weighted by atomic mass is 9.99. The Kier molecular flexibility index (Phi) is 4.25. The van der Waals surface area contributed by atoms with Crippen LogP contribution in [-0.4, -0.2) is 22.8 Å². The van der Waals surface area contributed by atoms with Gasteiger partial charge in [-0.15, -0.1) is 0 Å². The number of ether oxygens (including phenoxy) is 1. The third-order valence-corrected chi connectivity index (χ3v) is 3.01. The van der Waals surface area contributed by atoms with E-state index in [1.165, 1.54) is 12.1 Å². The monoisotopic (exact) mass is 272 g/mol. The lowest BCUT2D eigenvalue weighted by Crippen LogP contribution is -2.19. The van der Waals surface area contributed by atoms with Crippen LogP contribution in [0.5, 0.6) is 11.5 Å². The fourth-order valence-corrected chi connectivity index (χ4v) is 1.86. The third kappa shape index (κ3) is 3.51. The van der Waals surface area contributed by atoms with E-state index in [0.29, 0.717) is 11.3 Å². The van der Waals surface area contributed by atoms with Crippen LogP contribution in [0, 0.1) is 6.92 Å². The van der Waals surface area contributed by atoms with Crippen molar-refractivity contribution in [2.75, 3.05) is 6.61 Å². The Morgan fingerprint density at radius 3 is 2.50 bits per heavy atom. The van der Waals surface area contributed by atoms with E-state index >= 15 is 0 Å². The molecule has 2 N–H and O–H groups in total. The molecule has 2 aromatic carbocycles. The average molecular weight is 272 g/mol. The molecule has 2 rings (SSSR count). The summed E-state index contributed by atoms with van der Waals surface area (Å²) in [6, 6.07) is 13.6. The summed E-state index contributed by atoms with van der Waals surface area (Å²) < 4.78 is 5.45. The summed E-state index contributed by atoms with van der Waals surface area (Å²) in [5, 5.41) is 18.6. The molecule has 1 unspecified atom stereocenters. The molecule has 0 aliphatic carbocycles. The van der Waals surface area contributed by atoms with Gasteiger partial charge in [0.05, 0.1) is 0 Å². The Bertz CT molecular complexity index is 590. The second-order valence-electron chi connectivity index (χ2n) is 4.61. The molecular formula is C16H16O4. The first kappa shape index (κ1) is 13.9. The summed E-state index contributed by atoms with van der Waals surface area (Å²) in [5.41, 5.74) is 1.77. The SMILES string of the molecule is Cc1ccc(C(COc2cccc(O)c2)C(=O)O)cc1. The number of aryl methyl sites for hydroxylation is 1. The van der Waals surface area contributed by atoms with Gasteiger partial charge in [-0.3, -0.25) is 4.79 Å². The molecule has 0 bridgehead atoms. The smallest absolute Gasteiger partial charge is 0.314 e. The standard InChI is InChI=1S/C16H16O4/c1-11-5-7-12(8-6-11)15(16(18)19)10-20-14-4-2-3-13(17)9-14/h2-9,15,17H,10H2,1H3,(H,18,19). The molecule has 0 aliphatic rings. The molecule has 20 heavy (non-hydrogen) atoms. The number of carboxylic acid groups (broad SMARTS) is 1. The molecule has 0 aromatic heterocycles. The fraction of sp³-hybridized carbons (Fsp3) is 0.188. The maximum absolute atomic E-state index is 11.3. The van der Waals surface area contributed by atoms with Gasteiger partial charge in [0.25, 0.3) is 0 Å². The van der Waals surface area contributed by atoms with Gasteiger partial charge < -0.3 is 14.9 Å². The number of phenolic OH excluding ortho intramolecular Hbond substituents is 1. The van der Waals surface area contributed by atoms with Crippen LogP contribution in [0.3, 0.4) is 0 Å². The van der Waals surface area contributed by atoms with E-state index in [1.54, 1.807) is 24.3 Å². The highest BCUT2D eigenvalue weighted by Crippen LogP contribution is 2.22. The molecule has 0 radical (unpaired) electrons. The lowest BCUT2D eigenvalue weighted by Gasteiger charge is -2.14. The van der Waals surface area contributed by atoms with Gasteiger partial charge in [0, 0.05) is 6.07 Å². The summed E-state index contributed by atoms with van der Waals surface area (Å²) in [5.74, 6) is -1.14. The minimum Gasteiger partial charge on any atom is -0.508 e. The molecule has 2 aromatic rings. The Morgan fingerprint density at radius 2 is 1.90 bits per heavy atom. The van der Waals surface area contributed by atoms with Crippen molar-refractivity contribution in [2.45, 2.75) is 12.8 Å². The van der Waals surface area contributed by atoms with Crippen molar-refractivity contribution in [3.8, 4) is 11.5 Å². The molecule has 0 saturated heterocycles. The predicted molar refractivity (Wildman–Crippen MR) is 75.2 cm³/mol. The van der Waals surface area contributed by atoms with E-state index in [-0.39, 0.29) is 12.4 Å². The van der Waals surface area contributed by atoms with E-state index in [9.17, 15) is 15.0 Å². The van der Waals surface area contributed by atoms with Crippen LogP contribution >= 0.6 is 0 Å². The molecule has 0 aliphatic heterocycles. The van der Waals surface area contributed by atoms with E-state index in [2.05, 4.69) is 0 Å².